The summed E-state index contributed by atoms with van der Waals surface area (Å²) in [5.41, 5.74) is 0. The van der Waals surface area contributed by atoms with Crippen LogP contribution in [0.25, 0.3) is 10.8 Å². The van der Waals surface area contributed by atoms with Gasteiger partial charge in [-0.05, 0) is 24.5 Å². The number of piperidine rings is 1. The number of hydrogen-bond donors (Lipinski definition) is 1. The van der Waals surface area contributed by atoms with E-state index < -0.39 is 21.9 Å². The Balaban J connectivity index is 2.05. The Morgan fingerprint density at radius 1 is 1.30 bits per heavy atom. The molecule has 122 valence electrons. The van der Waals surface area contributed by atoms with Gasteiger partial charge in [-0.15, -0.1) is 0 Å². The Labute approximate surface area is 134 Å². The first kappa shape index (κ1) is 15.9. The SMILES string of the molecule is CC1CC(C(=O)O)CN(S(=O)(=O)c2cccc3cnccc23)C1. The number of rotatable bonds is 3. The molecular formula is C16H18N2O4S. The van der Waals surface area contributed by atoms with E-state index in [2.05, 4.69) is 4.98 Å². The molecule has 3 rings (SSSR count). The second kappa shape index (κ2) is 5.90. The third-order valence-corrected chi connectivity index (χ3v) is 6.12. The summed E-state index contributed by atoms with van der Waals surface area (Å²) in [5, 5.41) is 10.6. The van der Waals surface area contributed by atoms with E-state index in [0.29, 0.717) is 18.4 Å². The number of nitrogens with zero attached hydrogens (tertiary/aromatic N) is 2. The normalized spacial score (nSPS) is 23.0. The Kier molecular flexibility index (Phi) is 4.08. The van der Waals surface area contributed by atoms with Gasteiger partial charge < -0.3 is 5.11 Å². The zero-order valence-electron chi connectivity index (χ0n) is 12.7. The van der Waals surface area contributed by atoms with Gasteiger partial charge in [0.15, 0.2) is 0 Å². The van der Waals surface area contributed by atoms with Gasteiger partial charge in [-0.25, -0.2) is 8.42 Å². The van der Waals surface area contributed by atoms with Gasteiger partial charge in [-0.3, -0.25) is 9.78 Å². The summed E-state index contributed by atoms with van der Waals surface area (Å²) in [6.45, 7) is 2.24. The minimum atomic E-state index is -3.75. The molecule has 0 bridgehead atoms. The summed E-state index contributed by atoms with van der Waals surface area (Å²) in [6, 6.07) is 6.72. The standard InChI is InChI=1S/C16H18N2O4S/c1-11-7-13(16(19)20)10-18(9-11)23(21,22)15-4-2-3-12-8-17-6-5-14(12)15/h2-6,8,11,13H,7,9-10H2,1H3,(H,19,20). The molecule has 2 unspecified atom stereocenters. The zero-order valence-corrected chi connectivity index (χ0v) is 13.5. The first-order valence-electron chi connectivity index (χ1n) is 7.45. The lowest BCUT2D eigenvalue weighted by Gasteiger charge is -2.33. The molecule has 1 aromatic heterocycles. The second-order valence-electron chi connectivity index (χ2n) is 6.05. The van der Waals surface area contributed by atoms with Gasteiger partial charge >= 0.3 is 5.97 Å². The van der Waals surface area contributed by atoms with Crippen LogP contribution < -0.4 is 0 Å². The molecule has 23 heavy (non-hydrogen) atoms. The molecule has 6 nitrogen and oxygen atoms in total. The maximum Gasteiger partial charge on any atom is 0.307 e. The lowest BCUT2D eigenvalue weighted by molar-refractivity contribution is -0.143. The van der Waals surface area contributed by atoms with Crippen molar-refractivity contribution in [3.05, 3.63) is 36.7 Å². The summed E-state index contributed by atoms with van der Waals surface area (Å²) in [6.07, 6.45) is 3.67. The number of benzene rings is 1. The molecule has 1 aliphatic heterocycles. The molecule has 2 aromatic rings. The quantitative estimate of drug-likeness (QED) is 0.927. The average Bonchev–Trinajstić information content (AvgIpc) is 2.53. The van der Waals surface area contributed by atoms with Crippen molar-refractivity contribution in [3.8, 4) is 0 Å². The highest BCUT2D eigenvalue weighted by molar-refractivity contribution is 7.89. The van der Waals surface area contributed by atoms with Crippen molar-refractivity contribution in [1.29, 1.82) is 0 Å². The predicted molar refractivity (Wildman–Crippen MR) is 85.4 cm³/mol. The van der Waals surface area contributed by atoms with Crippen molar-refractivity contribution in [2.45, 2.75) is 18.2 Å². The van der Waals surface area contributed by atoms with E-state index in [1.54, 1.807) is 36.7 Å². The first-order valence-corrected chi connectivity index (χ1v) is 8.89. The van der Waals surface area contributed by atoms with Gasteiger partial charge in [0.2, 0.25) is 10.0 Å². The largest absolute Gasteiger partial charge is 0.481 e. The van der Waals surface area contributed by atoms with Crippen LogP contribution in [-0.2, 0) is 14.8 Å². The maximum atomic E-state index is 13.0. The highest BCUT2D eigenvalue weighted by Gasteiger charge is 2.36. The topological polar surface area (TPSA) is 87.6 Å². The minimum absolute atomic E-state index is 0.0104. The van der Waals surface area contributed by atoms with Crippen LogP contribution in [0.4, 0.5) is 0 Å². The summed E-state index contributed by atoms with van der Waals surface area (Å²) >= 11 is 0. The lowest BCUT2D eigenvalue weighted by atomic mass is 9.92. The summed E-state index contributed by atoms with van der Waals surface area (Å²) < 4.78 is 27.4. The number of carboxylic acids is 1. The minimum Gasteiger partial charge on any atom is -0.481 e. The molecule has 1 aliphatic rings. The van der Waals surface area contributed by atoms with Crippen LogP contribution in [0.15, 0.2) is 41.6 Å². The fourth-order valence-electron chi connectivity index (χ4n) is 3.13. The molecule has 1 saturated heterocycles. The van der Waals surface area contributed by atoms with Gasteiger partial charge in [-0.2, -0.15) is 4.31 Å². The van der Waals surface area contributed by atoms with Crippen molar-refractivity contribution in [2.75, 3.05) is 13.1 Å². The number of carboxylic acid groups (broad SMARTS) is 1. The van der Waals surface area contributed by atoms with Crippen molar-refractivity contribution < 1.29 is 18.3 Å². The first-order chi connectivity index (χ1) is 10.9. The Morgan fingerprint density at radius 3 is 2.83 bits per heavy atom. The van der Waals surface area contributed by atoms with Crippen LogP contribution in [0.5, 0.6) is 0 Å². The summed E-state index contributed by atoms with van der Waals surface area (Å²) in [5.74, 6) is -1.60. The summed E-state index contributed by atoms with van der Waals surface area (Å²) in [4.78, 5) is 15.5. The third kappa shape index (κ3) is 2.94. The molecule has 2 atom stereocenters. The number of hydrogen-bond acceptors (Lipinski definition) is 4. The molecule has 1 N–H and O–H groups in total. The number of aromatic nitrogens is 1. The van der Waals surface area contributed by atoms with Crippen LogP contribution >= 0.6 is 0 Å². The zero-order chi connectivity index (χ0) is 16.6. The third-order valence-electron chi connectivity index (χ3n) is 4.23. The number of fused-ring (bicyclic) bond motifs is 1. The Hall–Kier alpha value is -1.99. The smallest absolute Gasteiger partial charge is 0.307 e. The second-order valence-corrected chi connectivity index (χ2v) is 7.96. The van der Waals surface area contributed by atoms with Crippen molar-refractivity contribution in [1.82, 2.24) is 9.29 Å². The molecule has 1 aromatic carbocycles. The number of pyridine rings is 1. The van der Waals surface area contributed by atoms with E-state index in [0.717, 1.165) is 5.39 Å². The maximum absolute atomic E-state index is 13.0. The molecule has 0 radical (unpaired) electrons. The molecular weight excluding hydrogens is 316 g/mol. The van der Waals surface area contributed by atoms with Gasteiger partial charge in [0.05, 0.1) is 10.8 Å². The van der Waals surface area contributed by atoms with E-state index in [1.165, 1.54) is 4.31 Å². The van der Waals surface area contributed by atoms with E-state index in [4.69, 9.17) is 0 Å². The molecule has 0 aliphatic carbocycles. The number of sulfonamides is 1. The summed E-state index contributed by atoms with van der Waals surface area (Å²) in [7, 11) is -3.75. The van der Waals surface area contributed by atoms with Gasteiger partial charge in [0.25, 0.3) is 0 Å². The average molecular weight is 334 g/mol. The van der Waals surface area contributed by atoms with Crippen LogP contribution in [0.1, 0.15) is 13.3 Å². The van der Waals surface area contributed by atoms with E-state index in [-0.39, 0.29) is 17.4 Å². The van der Waals surface area contributed by atoms with E-state index in [1.807, 2.05) is 6.92 Å². The number of carbonyl (C=O) groups is 1. The highest BCUT2D eigenvalue weighted by atomic mass is 32.2. The van der Waals surface area contributed by atoms with Crippen LogP contribution in [0.2, 0.25) is 0 Å². The Bertz CT molecular complexity index is 845. The fourth-order valence-corrected chi connectivity index (χ4v) is 4.95. The van der Waals surface area contributed by atoms with Gasteiger partial charge in [0.1, 0.15) is 0 Å². The Morgan fingerprint density at radius 2 is 2.09 bits per heavy atom. The lowest BCUT2D eigenvalue weighted by Crippen LogP contribution is -2.45. The fraction of sp³-hybridized carbons (Fsp3) is 0.375. The van der Waals surface area contributed by atoms with Crippen molar-refractivity contribution in [3.63, 3.8) is 0 Å². The monoisotopic (exact) mass is 334 g/mol. The molecule has 0 spiro atoms. The number of aliphatic carboxylic acids is 1. The van der Waals surface area contributed by atoms with Crippen molar-refractivity contribution in [2.24, 2.45) is 11.8 Å². The predicted octanol–water partition coefficient (Wildman–Crippen LogP) is 1.97. The van der Waals surface area contributed by atoms with Crippen LogP contribution in [0.3, 0.4) is 0 Å². The van der Waals surface area contributed by atoms with Gasteiger partial charge in [-0.1, -0.05) is 19.1 Å². The molecule has 2 heterocycles. The highest BCUT2D eigenvalue weighted by Crippen LogP contribution is 2.30. The van der Waals surface area contributed by atoms with Crippen LogP contribution in [0, 0.1) is 11.8 Å². The molecule has 1 fully saturated rings. The van der Waals surface area contributed by atoms with E-state index >= 15 is 0 Å². The molecule has 0 saturated carbocycles. The molecule has 0 amide bonds. The van der Waals surface area contributed by atoms with Crippen LogP contribution in [-0.4, -0.2) is 41.9 Å². The van der Waals surface area contributed by atoms with E-state index in [9.17, 15) is 18.3 Å². The van der Waals surface area contributed by atoms with Crippen molar-refractivity contribution >= 4 is 26.8 Å². The molecule has 7 heteroatoms. The van der Waals surface area contributed by atoms with Gasteiger partial charge in [0, 0.05) is 36.3 Å².